The summed E-state index contributed by atoms with van der Waals surface area (Å²) < 4.78 is 25.9. The zero-order valence-corrected chi connectivity index (χ0v) is 13.7. The second kappa shape index (κ2) is 7.08. The van der Waals surface area contributed by atoms with E-state index in [4.69, 9.17) is 0 Å². The van der Waals surface area contributed by atoms with Crippen molar-refractivity contribution in [3.63, 3.8) is 0 Å². The number of aryl methyl sites for hydroxylation is 1. The summed E-state index contributed by atoms with van der Waals surface area (Å²) in [5.41, 5.74) is 1.45. The van der Waals surface area contributed by atoms with Gasteiger partial charge in [-0.3, -0.25) is 0 Å². The van der Waals surface area contributed by atoms with Gasteiger partial charge in [0.2, 0.25) is 0 Å². The van der Waals surface area contributed by atoms with Crippen molar-refractivity contribution < 1.29 is 18.6 Å². The average molecular weight is 332 g/mol. The first-order valence-corrected chi connectivity index (χ1v) is 8.74. The fraction of sp³-hybridized carbons (Fsp3) is 0.222. The molecular weight excluding hydrogens is 312 g/mol. The fourth-order valence-corrected chi connectivity index (χ4v) is 4.22. The van der Waals surface area contributed by atoms with E-state index in [9.17, 15) is 18.6 Å². The van der Waals surface area contributed by atoms with Gasteiger partial charge in [-0.05, 0) is 30.2 Å². The molecule has 2 aromatic rings. The number of hydrogen-bond donors (Lipinski definition) is 2. The molecule has 0 aromatic heterocycles. The Kier molecular flexibility index (Phi) is 5.36. The molecule has 2 aromatic carbocycles. The van der Waals surface area contributed by atoms with Crippen LogP contribution in [0, 0.1) is 6.92 Å². The van der Waals surface area contributed by atoms with Crippen molar-refractivity contribution in [3.8, 4) is 0 Å². The van der Waals surface area contributed by atoms with Crippen molar-refractivity contribution in [3.05, 3.63) is 77.9 Å². The highest BCUT2D eigenvalue weighted by atomic mass is 32.2. The Bertz CT molecular complexity index is 764. The summed E-state index contributed by atoms with van der Waals surface area (Å²) in [6.45, 7) is 4.99. The minimum absolute atomic E-state index is 0.0573. The highest BCUT2D eigenvalue weighted by molar-refractivity contribution is 7.92. The number of sulfone groups is 1. The Hall–Kier alpha value is -1.95. The minimum atomic E-state index is -3.89. The summed E-state index contributed by atoms with van der Waals surface area (Å²) in [5.74, 6) is 0. The Morgan fingerprint density at radius 1 is 1.09 bits per heavy atom. The van der Waals surface area contributed by atoms with Gasteiger partial charge >= 0.3 is 0 Å². The first-order valence-electron chi connectivity index (χ1n) is 7.20. The van der Waals surface area contributed by atoms with Gasteiger partial charge < -0.3 is 10.2 Å². The van der Waals surface area contributed by atoms with Crippen molar-refractivity contribution >= 4 is 9.84 Å². The fourth-order valence-electron chi connectivity index (χ4n) is 2.40. The molecule has 122 valence electrons. The Balaban J connectivity index is 2.50. The lowest BCUT2D eigenvalue weighted by molar-refractivity contribution is 0.174. The van der Waals surface area contributed by atoms with Crippen LogP contribution in [0.4, 0.5) is 0 Å². The lowest BCUT2D eigenvalue weighted by Gasteiger charge is -2.24. The predicted octanol–water partition coefficient (Wildman–Crippen LogP) is 2.42. The summed E-state index contributed by atoms with van der Waals surface area (Å²) in [4.78, 5) is 0.0951. The van der Waals surface area contributed by atoms with Crippen LogP contribution in [-0.4, -0.2) is 30.5 Å². The van der Waals surface area contributed by atoms with Crippen LogP contribution < -0.4 is 0 Å². The molecular formula is C18H20O4S. The summed E-state index contributed by atoms with van der Waals surface area (Å²) in [7, 11) is -3.89. The molecule has 0 radical (unpaired) electrons. The van der Waals surface area contributed by atoms with E-state index in [0.29, 0.717) is 5.56 Å². The van der Waals surface area contributed by atoms with Gasteiger partial charge in [-0.1, -0.05) is 54.6 Å². The zero-order chi connectivity index (χ0) is 17.0. The molecule has 0 saturated heterocycles. The second-order valence-electron chi connectivity index (χ2n) is 5.45. The van der Waals surface area contributed by atoms with Crippen LogP contribution >= 0.6 is 0 Å². The number of benzene rings is 2. The molecule has 0 amide bonds. The zero-order valence-electron chi connectivity index (χ0n) is 12.9. The highest BCUT2D eigenvalue weighted by Gasteiger charge is 2.36. The van der Waals surface area contributed by atoms with E-state index < -0.39 is 27.8 Å². The first kappa shape index (κ1) is 17.4. The summed E-state index contributed by atoms with van der Waals surface area (Å²) >= 11 is 0. The van der Waals surface area contributed by atoms with E-state index in [1.807, 2.05) is 6.92 Å². The molecule has 0 heterocycles. The molecule has 0 spiro atoms. The molecule has 0 aliphatic carbocycles. The van der Waals surface area contributed by atoms with E-state index in [1.165, 1.54) is 12.1 Å². The van der Waals surface area contributed by atoms with E-state index in [1.54, 1.807) is 42.5 Å². The van der Waals surface area contributed by atoms with Gasteiger partial charge in [-0.2, -0.15) is 0 Å². The van der Waals surface area contributed by atoms with E-state index >= 15 is 0 Å². The van der Waals surface area contributed by atoms with Crippen LogP contribution in [0.3, 0.4) is 0 Å². The number of hydrogen-bond acceptors (Lipinski definition) is 4. The molecule has 2 atom stereocenters. The molecule has 0 unspecified atom stereocenters. The van der Waals surface area contributed by atoms with Crippen LogP contribution in [0.5, 0.6) is 0 Å². The molecule has 2 rings (SSSR count). The van der Waals surface area contributed by atoms with Crippen LogP contribution in [0.15, 0.2) is 71.6 Å². The van der Waals surface area contributed by atoms with Gasteiger partial charge in [0.05, 0.1) is 17.6 Å². The molecule has 4 nitrogen and oxygen atoms in total. The van der Waals surface area contributed by atoms with E-state index in [2.05, 4.69) is 6.58 Å². The maximum Gasteiger partial charge on any atom is 0.188 e. The monoisotopic (exact) mass is 332 g/mol. The Morgan fingerprint density at radius 3 is 2.17 bits per heavy atom. The largest absolute Gasteiger partial charge is 0.392 e. The van der Waals surface area contributed by atoms with Crippen LogP contribution in [0.25, 0.3) is 0 Å². The molecule has 0 fully saturated rings. The van der Waals surface area contributed by atoms with Gasteiger partial charge in [-0.15, -0.1) is 0 Å². The van der Waals surface area contributed by atoms with Crippen molar-refractivity contribution in [2.45, 2.75) is 23.2 Å². The molecule has 2 N–H and O–H groups in total. The lowest BCUT2D eigenvalue weighted by atomic mass is 10.0. The maximum atomic E-state index is 12.9. The number of rotatable bonds is 6. The Labute approximate surface area is 136 Å². The van der Waals surface area contributed by atoms with E-state index in [0.717, 1.165) is 5.56 Å². The summed E-state index contributed by atoms with van der Waals surface area (Å²) in [6.07, 6.45) is -1.30. The molecule has 0 aliphatic heterocycles. The molecule has 5 heteroatoms. The smallest absolute Gasteiger partial charge is 0.188 e. The third-order valence-electron chi connectivity index (χ3n) is 3.72. The van der Waals surface area contributed by atoms with Crippen molar-refractivity contribution in [2.75, 3.05) is 6.61 Å². The standard InChI is InChI=1S/C18H20O4S/c1-13-8-10-16(11-9-13)23(21,22)18(14(2)12-19)17(20)15-6-4-3-5-7-15/h3-11,17-20H,2,12H2,1H3/t17-,18+/m1/s1. The average Bonchev–Trinajstić information content (AvgIpc) is 2.55. The van der Waals surface area contributed by atoms with Crippen molar-refractivity contribution in [1.82, 2.24) is 0 Å². The Morgan fingerprint density at radius 2 is 1.65 bits per heavy atom. The van der Waals surface area contributed by atoms with E-state index in [-0.39, 0.29) is 10.5 Å². The third kappa shape index (κ3) is 3.69. The number of aliphatic hydroxyl groups is 2. The SMILES string of the molecule is C=C(CO)[C@@H]([C@H](O)c1ccccc1)S(=O)(=O)c1ccc(C)cc1. The molecule has 23 heavy (non-hydrogen) atoms. The third-order valence-corrected chi connectivity index (χ3v) is 5.91. The highest BCUT2D eigenvalue weighted by Crippen LogP contribution is 2.31. The molecule has 0 saturated carbocycles. The van der Waals surface area contributed by atoms with Crippen LogP contribution in [0.2, 0.25) is 0 Å². The van der Waals surface area contributed by atoms with Gasteiger partial charge in [0.15, 0.2) is 9.84 Å². The topological polar surface area (TPSA) is 74.6 Å². The second-order valence-corrected chi connectivity index (χ2v) is 7.52. The molecule has 0 bridgehead atoms. The predicted molar refractivity (Wildman–Crippen MR) is 89.8 cm³/mol. The maximum absolute atomic E-state index is 12.9. The van der Waals surface area contributed by atoms with Gasteiger partial charge in [-0.25, -0.2) is 8.42 Å². The minimum Gasteiger partial charge on any atom is -0.392 e. The normalized spacial score (nSPS) is 14.2. The summed E-state index contributed by atoms with van der Waals surface area (Å²) in [6, 6.07) is 14.9. The van der Waals surface area contributed by atoms with Gasteiger partial charge in [0.25, 0.3) is 0 Å². The first-order chi connectivity index (χ1) is 10.9. The van der Waals surface area contributed by atoms with Gasteiger partial charge in [0, 0.05) is 0 Å². The molecule has 0 aliphatic rings. The number of aliphatic hydroxyl groups excluding tert-OH is 2. The lowest BCUT2D eigenvalue weighted by Crippen LogP contribution is -2.31. The van der Waals surface area contributed by atoms with Crippen molar-refractivity contribution in [1.29, 1.82) is 0 Å². The summed E-state index contributed by atoms with van der Waals surface area (Å²) in [5, 5.41) is 18.7. The van der Waals surface area contributed by atoms with Gasteiger partial charge in [0.1, 0.15) is 5.25 Å². The quantitative estimate of drug-likeness (QED) is 0.797. The van der Waals surface area contributed by atoms with Crippen molar-refractivity contribution in [2.24, 2.45) is 0 Å². The van der Waals surface area contributed by atoms with Crippen LogP contribution in [-0.2, 0) is 9.84 Å². The van der Waals surface area contributed by atoms with Crippen LogP contribution in [0.1, 0.15) is 17.2 Å².